The summed E-state index contributed by atoms with van der Waals surface area (Å²) in [7, 11) is -3.45. The van der Waals surface area contributed by atoms with E-state index in [-0.39, 0.29) is 11.5 Å². The molecule has 0 radical (unpaired) electrons. The molecule has 0 heterocycles. The van der Waals surface area contributed by atoms with Crippen molar-refractivity contribution in [3.05, 3.63) is 29.3 Å². The Morgan fingerprint density at radius 3 is 2.70 bits per heavy atom. The van der Waals surface area contributed by atoms with Gasteiger partial charge >= 0.3 is 0 Å². The van der Waals surface area contributed by atoms with Gasteiger partial charge in [0.15, 0.2) is 0 Å². The number of benzene rings is 1. The largest absolute Gasteiger partial charge is 0.384 e. The van der Waals surface area contributed by atoms with Crippen LogP contribution in [-0.4, -0.2) is 26.7 Å². The quantitative estimate of drug-likeness (QED) is 0.822. The summed E-state index contributed by atoms with van der Waals surface area (Å²) in [5.41, 5.74) is 1.52. The van der Waals surface area contributed by atoms with Crippen LogP contribution in [0.15, 0.2) is 23.1 Å². The molecule has 2 atom stereocenters. The van der Waals surface area contributed by atoms with Gasteiger partial charge in [-0.2, -0.15) is 0 Å². The second kappa shape index (κ2) is 5.96. The van der Waals surface area contributed by atoms with Crippen LogP contribution in [0.4, 0.5) is 0 Å². The van der Waals surface area contributed by atoms with Crippen molar-refractivity contribution >= 4 is 10.0 Å². The fourth-order valence-corrected chi connectivity index (χ4v) is 3.24. The van der Waals surface area contributed by atoms with Crippen LogP contribution in [0.1, 0.15) is 24.5 Å². The van der Waals surface area contributed by atoms with E-state index in [9.17, 15) is 8.42 Å². The molecule has 20 heavy (non-hydrogen) atoms. The van der Waals surface area contributed by atoms with Gasteiger partial charge in [0, 0.05) is 12.1 Å². The number of sulfonamides is 1. The summed E-state index contributed by atoms with van der Waals surface area (Å²) < 4.78 is 27.0. The molecule has 0 aliphatic heterocycles. The van der Waals surface area contributed by atoms with Crippen LogP contribution in [0.2, 0.25) is 0 Å². The lowest BCUT2D eigenvalue weighted by molar-refractivity contribution is 0.350. The molecule has 0 bridgehead atoms. The van der Waals surface area contributed by atoms with Gasteiger partial charge in [0.1, 0.15) is 6.61 Å². The van der Waals surface area contributed by atoms with E-state index in [1.54, 1.807) is 18.2 Å². The number of nitrogens with one attached hydrogen (secondary N) is 1. The number of rotatable bonds is 4. The highest BCUT2D eigenvalue weighted by Gasteiger charge is 2.33. The summed E-state index contributed by atoms with van der Waals surface area (Å²) in [4.78, 5) is 0.262. The van der Waals surface area contributed by atoms with E-state index in [2.05, 4.69) is 23.5 Å². The molecule has 1 fully saturated rings. The third-order valence-corrected chi connectivity index (χ3v) is 5.04. The number of hydrogen-bond acceptors (Lipinski definition) is 3. The Labute approximate surface area is 120 Å². The highest BCUT2D eigenvalue weighted by molar-refractivity contribution is 7.89. The van der Waals surface area contributed by atoms with Gasteiger partial charge in [0.25, 0.3) is 0 Å². The molecular weight excluding hydrogens is 274 g/mol. The maximum atomic E-state index is 12.2. The number of aryl methyl sites for hydroxylation is 1. The number of aliphatic hydroxyl groups excluding tert-OH is 1. The SMILES string of the molecule is Cc1cc(S(=O)(=O)NCC2CC2C)ccc1C#CCO. The third kappa shape index (κ3) is 3.60. The predicted octanol–water partition coefficient (Wildman–Crippen LogP) is 1.27. The fraction of sp³-hybridized carbons (Fsp3) is 0.467. The van der Waals surface area contributed by atoms with Crippen LogP contribution in [0.5, 0.6) is 0 Å². The molecule has 2 N–H and O–H groups in total. The third-order valence-electron chi connectivity index (χ3n) is 3.62. The van der Waals surface area contributed by atoms with Gasteiger partial charge in [0.05, 0.1) is 4.90 Å². The van der Waals surface area contributed by atoms with Gasteiger partial charge in [-0.1, -0.05) is 18.8 Å². The molecule has 1 aromatic carbocycles. The first-order chi connectivity index (χ1) is 9.44. The summed E-state index contributed by atoms with van der Waals surface area (Å²) in [5, 5.41) is 8.67. The highest BCUT2D eigenvalue weighted by Crippen LogP contribution is 2.37. The van der Waals surface area contributed by atoms with Gasteiger partial charge in [-0.05, 0) is 48.9 Å². The van der Waals surface area contributed by atoms with Crippen molar-refractivity contribution in [3.63, 3.8) is 0 Å². The molecular formula is C15H19NO3S. The molecule has 5 heteroatoms. The molecule has 0 saturated heterocycles. The average molecular weight is 293 g/mol. The summed E-state index contributed by atoms with van der Waals surface area (Å²) in [6, 6.07) is 4.83. The van der Waals surface area contributed by atoms with Crippen LogP contribution in [0.25, 0.3) is 0 Å². The van der Waals surface area contributed by atoms with E-state index in [1.807, 2.05) is 6.92 Å². The van der Waals surface area contributed by atoms with Gasteiger partial charge in [-0.15, -0.1) is 0 Å². The smallest absolute Gasteiger partial charge is 0.240 e. The van der Waals surface area contributed by atoms with E-state index in [1.165, 1.54) is 0 Å². The monoisotopic (exact) mass is 293 g/mol. The van der Waals surface area contributed by atoms with Crippen molar-refractivity contribution in [1.82, 2.24) is 4.72 Å². The minimum absolute atomic E-state index is 0.208. The zero-order valence-electron chi connectivity index (χ0n) is 11.7. The molecule has 2 rings (SSSR count). The van der Waals surface area contributed by atoms with E-state index < -0.39 is 10.0 Å². The lowest BCUT2D eigenvalue weighted by Gasteiger charge is -2.08. The van der Waals surface area contributed by atoms with Crippen LogP contribution >= 0.6 is 0 Å². The van der Waals surface area contributed by atoms with E-state index >= 15 is 0 Å². The molecule has 1 aromatic rings. The molecule has 1 aliphatic carbocycles. The van der Waals surface area contributed by atoms with Crippen molar-refractivity contribution in [3.8, 4) is 11.8 Å². The standard InChI is InChI=1S/C15H19NO3S/c1-11-8-14(11)10-16-20(18,19)15-6-5-13(4-3-7-17)12(2)9-15/h5-6,9,11,14,16-17H,7-8,10H2,1-2H3. The Kier molecular flexibility index (Phi) is 4.48. The topological polar surface area (TPSA) is 66.4 Å². The molecule has 108 valence electrons. The first-order valence-electron chi connectivity index (χ1n) is 6.64. The number of hydrogen-bond donors (Lipinski definition) is 2. The molecule has 0 aromatic heterocycles. The first kappa shape index (κ1) is 15.0. The van der Waals surface area contributed by atoms with E-state index in [4.69, 9.17) is 5.11 Å². The summed E-state index contributed by atoms with van der Waals surface area (Å²) in [6.45, 7) is 4.23. The van der Waals surface area contributed by atoms with Crippen molar-refractivity contribution in [2.24, 2.45) is 11.8 Å². The van der Waals surface area contributed by atoms with Crippen molar-refractivity contribution in [2.45, 2.75) is 25.2 Å². The zero-order chi connectivity index (χ0) is 14.8. The maximum absolute atomic E-state index is 12.2. The van der Waals surface area contributed by atoms with Crippen molar-refractivity contribution in [1.29, 1.82) is 0 Å². The van der Waals surface area contributed by atoms with Crippen LogP contribution in [0, 0.1) is 30.6 Å². The van der Waals surface area contributed by atoms with Crippen molar-refractivity contribution < 1.29 is 13.5 Å². The molecule has 4 nitrogen and oxygen atoms in total. The second-order valence-corrected chi connectivity index (χ2v) is 7.03. The minimum Gasteiger partial charge on any atom is -0.384 e. The lowest BCUT2D eigenvalue weighted by Crippen LogP contribution is -2.26. The molecule has 0 spiro atoms. The van der Waals surface area contributed by atoms with Crippen LogP contribution in [-0.2, 0) is 10.0 Å². The minimum atomic E-state index is -3.45. The summed E-state index contributed by atoms with van der Waals surface area (Å²) in [5.74, 6) is 6.44. The van der Waals surface area contributed by atoms with Crippen LogP contribution in [0.3, 0.4) is 0 Å². The Morgan fingerprint density at radius 1 is 1.45 bits per heavy atom. The molecule has 2 unspecified atom stereocenters. The van der Waals surface area contributed by atoms with Gasteiger partial charge in [-0.25, -0.2) is 13.1 Å². The maximum Gasteiger partial charge on any atom is 0.240 e. The van der Waals surface area contributed by atoms with Crippen molar-refractivity contribution in [2.75, 3.05) is 13.2 Å². The summed E-state index contributed by atoms with van der Waals surface area (Å²) in [6.07, 6.45) is 1.09. The zero-order valence-corrected chi connectivity index (χ0v) is 12.5. The average Bonchev–Trinajstić information content (AvgIpc) is 3.11. The molecule has 1 saturated carbocycles. The molecule has 0 amide bonds. The Bertz CT molecular complexity index is 655. The normalized spacial score (nSPS) is 21.1. The Balaban J connectivity index is 2.13. The Morgan fingerprint density at radius 2 is 2.15 bits per heavy atom. The highest BCUT2D eigenvalue weighted by atomic mass is 32.2. The van der Waals surface area contributed by atoms with Gasteiger partial charge < -0.3 is 5.11 Å². The van der Waals surface area contributed by atoms with Gasteiger partial charge in [0.2, 0.25) is 10.0 Å². The van der Waals surface area contributed by atoms with E-state index in [0.717, 1.165) is 17.5 Å². The first-order valence-corrected chi connectivity index (χ1v) is 8.12. The van der Waals surface area contributed by atoms with Gasteiger partial charge in [-0.3, -0.25) is 0 Å². The van der Waals surface area contributed by atoms with E-state index in [0.29, 0.717) is 18.4 Å². The lowest BCUT2D eigenvalue weighted by atomic mass is 10.1. The second-order valence-electron chi connectivity index (χ2n) is 5.26. The Hall–Kier alpha value is -1.35. The number of aliphatic hydroxyl groups is 1. The van der Waals surface area contributed by atoms with Crippen LogP contribution < -0.4 is 4.72 Å². The summed E-state index contributed by atoms with van der Waals surface area (Å²) >= 11 is 0. The fourth-order valence-electron chi connectivity index (χ4n) is 2.06. The predicted molar refractivity (Wildman–Crippen MR) is 77.6 cm³/mol. The molecule has 1 aliphatic rings.